The van der Waals surface area contributed by atoms with Crippen molar-refractivity contribution in [3.05, 3.63) is 98.3 Å². The summed E-state index contributed by atoms with van der Waals surface area (Å²) in [6, 6.07) is 15.8. The molecular formula is C19H11BrFNO4. The topological polar surface area (TPSA) is 69.4 Å². The third-order valence-electron chi connectivity index (χ3n) is 3.57. The molecule has 0 aromatic heterocycles. The van der Waals surface area contributed by atoms with Crippen molar-refractivity contribution in [2.24, 2.45) is 0 Å². The van der Waals surface area contributed by atoms with Crippen LogP contribution in [-0.2, 0) is 0 Å². The van der Waals surface area contributed by atoms with Crippen LogP contribution in [-0.4, -0.2) is 10.7 Å². The first kappa shape index (κ1) is 17.8. The molecule has 0 fully saturated rings. The van der Waals surface area contributed by atoms with Crippen LogP contribution in [0.25, 0.3) is 0 Å². The van der Waals surface area contributed by atoms with Crippen LogP contribution in [0.4, 0.5) is 10.1 Å². The number of ketones is 1. The van der Waals surface area contributed by atoms with E-state index in [4.69, 9.17) is 4.74 Å². The van der Waals surface area contributed by atoms with E-state index < -0.39 is 10.7 Å². The van der Waals surface area contributed by atoms with Crippen LogP contribution in [0.2, 0.25) is 0 Å². The molecule has 0 N–H and O–H groups in total. The van der Waals surface area contributed by atoms with E-state index in [1.54, 1.807) is 24.3 Å². The van der Waals surface area contributed by atoms with Crippen LogP contribution in [0.5, 0.6) is 11.5 Å². The highest BCUT2D eigenvalue weighted by molar-refractivity contribution is 9.10. The van der Waals surface area contributed by atoms with Crippen molar-refractivity contribution in [1.82, 2.24) is 0 Å². The Kier molecular flexibility index (Phi) is 5.09. The lowest BCUT2D eigenvalue weighted by molar-refractivity contribution is -0.385. The molecular weight excluding hydrogens is 405 g/mol. The van der Waals surface area contributed by atoms with Gasteiger partial charge in [-0.25, -0.2) is 4.39 Å². The maximum absolute atomic E-state index is 13.0. The zero-order chi connectivity index (χ0) is 18.7. The molecule has 0 amide bonds. The van der Waals surface area contributed by atoms with Crippen LogP contribution < -0.4 is 4.74 Å². The second kappa shape index (κ2) is 7.45. The summed E-state index contributed by atoms with van der Waals surface area (Å²) in [6.45, 7) is 0. The molecule has 0 aliphatic rings. The minimum absolute atomic E-state index is 0.0334. The lowest BCUT2D eigenvalue weighted by Gasteiger charge is -2.08. The Hall–Kier alpha value is -3.06. The lowest BCUT2D eigenvalue weighted by Crippen LogP contribution is -2.03. The number of halogens is 2. The molecule has 3 aromatic rings. The summed E-state index contributed by atoms with van der Waals surface area (Å²) in [6.07, 6.45) is 0. The zero-order valence-electron chi connectivity index (χ0n) is 13.2. The molecule has 3 rings (SSSR count). The molecule has 130 valence electrons. The van der Waals surface area contributed by atoms with Crippen molar-refractivity contribution < 1.29 is 18.8 Å². The Morgan fingerprint density at radius 2 is 1.58 bits per heavy atom. The van der Waals surface area contributed by atoms with E-state index in [1.807, 2.05) is 0 Å². The molecule has 0 aliphatic heterocycles. The third-order valence-corrected chi connectivity index (χ3v) is 4.09. The second-order valence-corrected chi connectivity index (χ2v) is 6.25. The molecule has 0 heterocycles. The predicted octanol–water partition coefficient (Wildman–Crippen LogP) is 5.52. The standard InChI is InChI=1S/C19H11BrFNO4/c20-14-4-1-12(2-5-14)19(23)13-3-10-18(17(11-13)22(24)25)26-16-8-6-15(21)7-9-16/h1-11H. The van der Waals surface area contributed by atoms with E-state index in [0.29, 0.717) is 5.56 Å². The molecule has 0 aliphatic carbocycles. The molecule has 0 spiro atoms. The van der Waals surface area contributed by atoms with Gasteiger partial charge in [0.25, 0.3) is 0 Å². The molecule has 26 heavy (non-hydrogen) atoms. The fourth-order valence-corrected chi connectivity index (χ4v) is 2.55. The minimum Gasteiger partial charge on any atom is -0.450 e. The van der Waals surface area contributed by atoms with Crippen molar-refractivity contribution >= 4 is 27.4 Å². The number of carbonyl (C=O) groups excluding carboxylic acids is 1. The molecule has 0 unspecified atom stereocenters. The van der Waals surface area contributed by atoms with Crippen LogP contribution >= 0.6 is 15.9 Å². The van der Waals surface area contributed by atoms with Crippen molar-refractivity contribution in [2.45, 2.75) is 0 Å². The van der Waals surface area contributed by atoms with Crippen LogP contribution in [0.3, 0.4) is 0 Å². The largest absolute Gasteiger partial charge is 0.450 e. The summed E-state index contributed by atoms with van der Waals surface area (Å²) in [5, 5.41) is 11.4. The molecule has 7 heteroatoms. The fourth-order valence-electron chi connectivity index (χ4n) is 2.29. The molecule has 0 saturated heterocycles. The number of benzene rings is 3. The van der Waals surface area contributed by atoms with E-state index in [2.05, 4.69) is 15.9 Å². The lowest BCUT2D eigenvalue weighted by atomic mass is 10.0. The van der Waals surface area contributed by atoms with Gasteiger partial charge in [-0.05, 0) is 60.7 Å². The third kappa shape index (κ3) is 3.94. The highest BCUT2D eigenvalue weighted by Crippen LogP contribution is 2.33. The van der Waals surface area contributed by atoms with Crippen molar-refractivity contribution in [3.63, 3.8) is 0 Å². The number of nitro benzene ring substituents is 1. The van der Waals surface area contributed by atoms with Gasteiger partial charge >= 0.3 is 5.69 Å². The van der Waals surface area contributed by atoms with E-state index >= 15 is 0 Å². The van der Waals surface area contributed by atoms with Gasteiger partial charge in [-0.3, -0.25) is 14.9 Å². The maximum Gasteiger partial charge on any atom is 0.312 e. The Labute approximate surface area is 156 Å². The van der Waals surface area contributed by atoms with Gasteiger partial charge in [-0.2, -0.15) is 0 Å². The number of rotatable bonds is 5. The minimum atomic E-state index is -0.628. The van der Waals surface area contributed by atoms with Gasteiger partial charge in [0, 0.05) is 21.7 Å². The number of hydrogen-bond acceptors (Lipinski definition) is 4. The SMILES string of the molecule is O=C(c1ccc(Br)cc1)c1ccc(Oc2ccc(F)cc2)c([N+](=O)[O-])c1. The molecule has 0 radical (unpaired) electrons. The molecule has 5 nitrogen and oxygen atoms in total. The molecule has 3 aromatic carbocycles. The van der Waals surface area contributed by atoms with Crippen LogP contribution in [0.15, 0.2) is 71.2 Å². The highest BCUT2D eigenvalue weighted by Gasteiger charge is 2.20. The average Bonchev–Trinajstić information content (AvgIpc) is 2.64. The summed E-state index contributed by atoms with van der Waals surface area (Å²) in [5.41, 5.74) is 0.234. The second-order valence-electron chi connectivity index (χ2n) is 5.33. The summed E-state index contributed by atoms with van der Waals surface area (Å²) in [7, 11) is 0. The van der Waals surface area contributed by atoms with Crippen LogP contribution in [0.1, 0.15) is 15.9 Å². The summed E-state index contributed by atoms with van der Waals surface area (Å²) >= 11 is 3.29. The number of nitro groups is 1. The van der Waals surface area contributed by atoms with Gasteiger partial charge in [0.1, 0.15) is 11.6 Å². The Morgan fingerprint density at radius 3 is 2.19 bits per heavy atom. The highest BCUT2D eigenvalue weighted by atomic mass is 79.9. The molecule has 0 saturated carbocycles. The van der Waals surface area contributed by atoms with Gasteiger partial charge in [-0.1, -0.05) is 15.9 Å². The quantitative estimate of drug-likeness (QED) is 0.312. The first-order valence-corrected chi connectivity index (χ1v) is 8.25. The van der Waals surface area contributed by atoms with Gasteiger partial charge in [0.2, 0.25) is 5.75 Å². The Morgan fingerprint density at radius 1 is 0.962 bits per heavy atom. The summed E-state index contributed by atoms with van der Waals surface area (Å²) < 4.78 is 19.2. The van der Waals surface area contributed by atoms with Gasteiger partial charge in [0.15, 0.2) is 5.78 Å². The van der Waals surface area contributed by atoms with E-state index in [9.17, 15) is 19.3 Å². The van der Waals surface area contributed by atoms with Crippen molar-refractivity contribution in [2.75, 3.05) is 0 Å². The fraction of sp³-hybridized carbons (Fsp3) is 0. The Bertz CT molecular complexity index is 972. The summed E-state index contributed by atoms with van der Waals surface area (Å²) in [4.78, 5) is 23.3. The normalized spacial score (nSPS) is 10.4. The first-order valence-electron chi connectivity index (χ1n) is 7.46. The monoisotopic (exact) mass is 415 g/mol. The smallest absolute Gasteiger partial charge is 0.312 e. The number of hydrogen-bond donors (Lipinski definition) is 0. The molecule has 0 atom stereocenters. The molecule has 0 bridgehead atoms. The predicted molar refractivity (Wildman–Crippen MR) is 97.1 cm³/mol. The van der Waals surface area contributed by atoms with E-state index in [-0.39, 0.29) is 28.5 Å². The van der Waals surface area contributed by atoms with E-state index in [1.165, 1.54) is 42.5 Å². The Balaban J connectivity index is 1.93. The van der Waals surface area contributed by atoms with Gasteiger partial charge in [-0.15, -0.1) is 0 Å². The average molecular weight is 416 g/mol. The van der Waals surface area contributed by atoms with Gasteiger partial charge in [0.05, 0.1) is 4.92 Å². The first-order chi connectivity index (χ1) is 12.4. The summed E-state index contributed by atoms with van der Waals surface area (Å²) in [5.74, 6) is -0.563. The van der Waals surface area contributed by atoms with Crippen molar-refractivity contribution in [1.29, 1.82) is 0 Å². The van der Waals surface area contributed by atoms with Gasteiger partial charge < -0.3 is 4.74 Å². The number of nitrogens with zero attached hydrogens (tertiary/aromatic N) is 1. The zero-order valence-corrected chi connectivity index (χ0v) is 14.8. The van der Waals surface area contributed by atoms with Crippen molar-refractivity contribution in [3.8, 4) is 11.5 Å². The van der Waals surface area contributed by atoms with E-state index in [0.717, 1.165) is 4.47 Å². The number of ether oxygens (including phenoxy) is 1. The maximum atomic E-state index is 13.0. The number of carbonyl (C=O) groups is 1. The van der Waals surface area contributed by atoms with Crippen LogP contribution in [0, 0.1) is 15.9 Å².